The van der Waals surface area contributed by atoms with Crippen molar-refractivity contribution in [2.24, 2.45) is 0 Å². The fraction of sp³-hybridized carbons (Fsp3) is 0.286. The number of fused-ring (bicyclic) bond motifs is 1. The van der Waals surface area contributed by atoms with Crippen molar-refractivity contribution in [1.82, 2.24) is 9.78 Å². The zero-order valence-corrected chi connectivity index (χ0v) is 13.1. The number of halogens is 1. The molecule has 0 saturated carbocycles. The van der Waals surface area contributed by atoms with Crippen molar-refractivity contribution < 1.29 is 22.3 Å². The highest BCUT2D eigenvalue weighted by Gasteiger charge is 2.36. The Kier molecular flexibility index (Phi) is 3.80. The maximum Gasteiger partial charge on any atom is 0.343 e. The van der Waals surface area contributed by atoms with E-state index in [0.29, 0.717) is 6.54 Å². The molecule has 1 aromatic heterocycles. The van der Waals surface area contributed by atoms with Gasteiger partial charge in [0.25, 0.3) is 10.0 Å². The van der Waals surface area contributed by atoms with Gasteiger partial charge >= 0.3 is 5.97 Å². The number of nitrogens with zero attached hydrogens (tertiary/aromatic N) is 3. The highest BCUT2D eigenvalue weighted by atomic mass is 32.2. The average Bonchev–Trinajstić information content (AvgIpc) is 3.08. The fourth-order valence-corrected chi connectivity index (χ4v) is 3.95. The normalized spacial score (nSPS) is 13.9. The summed E-state index contributed by atoms with van der Waals surface area (Å²) in [6.07, 6.45) is 1.28. The summed E-state index contributed by atoms with van der Waals surface area (Å²) < 4.78 is 46.2. The molecule has 9 heteroatoms. The number of rotatable bonds is 4. The van der Waals surface area contributed by atoms with E-state index in [-0.39, 0.29) is 29.4 Å². The Hall–Kier alpha value is -2.42. The molecular weight excluding hydrogens is 325 g/mol. The van der Waals surface area contributed by atoms with Gasteiger partial charge in [0.15, 0.2) is 5.82 Å². The number of carbonyl (C=O) groups excluding carboxylic acids is 1. The smallest absolute Gasteiger partial charge is 0.343 e. The largest absolute Gasteiger partial charge is 0.462 e. The molecule has 1 aromatic carbocycles. The minimum Gasteiger partial charge on any atom is -0.462 e. The third-order valence-corrected chi connectivity index (χ3v) is 5.23. The lowest BCUT2D eigenvalue weighted by Gasteiger charge is -2.18. The average molecular weight is 339 g/mol. The van der Waals surface area contributed by atoms with Crippen LogP contribution < -0.4 is 4.31 Å². The monoisotopic (exact) mass is 339 g/mol. The van der Waals surface area contributed by atoms with Gasteiger partial charge < -0.3 is 4.74 Å². The molecule has 1 aliphatic rings. The van der Waals surface area contributed by atoms with Crippen molar-refractivity contribution in [3.63, 3.8) is 0 Å². The summed E-state index contributed by atoms with van der Waals surface area (Å²) in [5.74, 6) is -1.15. The van der Waals surface area contributed by atoms with E-state index in [1.165, 1.54) is 23.0 Å². The molecule has 3 rings (SSSR count). The second-order valence-electron chi connectivity index (χ2n) is 4.86. The van der Waals surface area contributed by atoms with Crippen LogP contribution in [0.3, 0.4) is 0 Å². The Bertz CT molecular complexity index is 863. The topological polar surface area (TPSA) is 81.5 Å². The van der Waals surface area contributed by atoms with Crippen LogP contribution in [0.2, 0.25) is 0 Å². The van der Waals surface area contributed by atoms with Gasteiger partial charge in [0, 0.05) is 0 Å². The van der Waals surface area contributed by atoms with Crippen molar-refractivity contribution in [3.8, 4) is 0 Å². The van der Waals surface area contributed by atoms with Crippen LogP contribution in [0.4, 0.5) is 10.2 Å². The molecule has 0 saturated heterocycles. The van der Waals surface area contributed by atoms with E-state index in [2.05, 4.69) is 5.10 Å². The number of ether oxygens (including phenoxy) is 1. The van der Waals surface area contributed by atoms with Gasteiger partial charge in [-0.2, -0.15) is 5.10 Å². The quantitative estimate of drug-likeness (QED) is 0.787. The van der Waals surface area contributed by atoms with E-state index in [0.717, 1.165) is 16.4 Å². The summed E-state index contributed by atoms with van der Waals surface area (Å²) in [6.45, 7) is 2.25. The highest BCUT2D eigenvalue weighted by Crippen LogP contribution is 2.31. The van der Waals surface area contributed by atoms with Crippen LogP contribution in [0.1, 0.15) is 17.3 Å². The zero-order valence-electron chi connectivity index (χ0n) is 12.3. The molecule has 0 spiro atoms. The van der Waals surface area contributed by atoms with Crippen molar-refractivity contribution in [2.75, 3.05) is 17.5 Å². The lowest BCUT2D eigenvalue weighted by atomic mass is 10.3. The third kappa shape index (κ3) is 2.56. The van der Waals surface area contributed by atoms with Crippen molar-refractivity contribution in [3.05, 3.63) is 41.8 Å². The number of hydrogen-bond acceptors (Lipinski definition) is 5. The van der Waals surface area contributed by atoms with Crippen LogP contribution in [0.25, 0.3) is 0 Å². The molecule has 0 unspecified atom stereocenters. The third-order valence-electron chi connectivity index (χ3n) is 3.44. The first kappa shape index (κ1) is 15.5. The van der Waals surface area contributed by atoms with Gasteiger partial charge in [0.1, 0.15) is 11.4 Å². The second-order valence-corrected chi connectivity index (χ2v) is 6.72. The molecule has 1 aliphatic heterocycles. The van der Waals surface area contributed by atoms with Gasteiger partial charge in [0.05, 0.1) is 30.8 Å². The van der Waals surface area contributed by atoms with E-state index in [4.69, 9.17) is 4.74 Å². The lowest BCUT2D eigenvalue weighted by Crippen LogP contribution is -2.30. The molecule has 0 bridgehead atoms. The summed E-state index contributed by atoms with van der Waals surface area (Å²) in [5, 5.41) is 4.01. The first-order valence-corrected chi connectivity index (χ1v) is 8.40. The first-order valence-electron chi connectivity index (χ1n) is 6.96. The summed E-state index contributed by atoms with van der Waals surface area (Å²) in [5.41, 5.74) is 0.0735. The molecule has 0 amide bonds. The van der Waals surface area contributed by atoms with Crippen LogP contribution >= 0.6 is 0 Å². The van der Waals surface area contributed by atoms with Crippen molar-refractivity contribution >= 4 is 21.8 Å². The van der Waals surface area contributed by atoms with E-state index < -0.39 is 21.8 Å². The second kappa shape index (κ2) is 5.65. The Morgan fingerprint density at radius 2 is 2.17 bits per heavy atom. The Labute approximate surface area is 132 Å². The zero-order chi connectivity index (χ0) is 16.6. The molecule has 122 valence electrons. The van der Waals surface area contributed by atoms with Crippen LogP contribution in [-0.4, -0.2) is 37.3 Å². The molecule has 23 heavy (non-hydrogen) atoms. The molecule has 0 radical (unpaired) electrons. The van der Waals surface area contributed by atoms with Crippen LogP contribution in [0.5, 0.6) is 0 Å². The van der Waals surface area contributed by atoms with E-state index in [1.807, 2.05) is 0 Å². The molecule has 0 atom stereocenters. The van der Waals surface area contributed by atoms with Crippen molar-refractivity contribution in [1.29, 1.82) is 0 Å². The van der Waals surface area contributed by atoms with Crippen LogP contribution in [-0.2, 0) is 21.3 Å². The summed E-state index contributed by atoms with van der Waals surface area (Å²) in [4.78, 5) is 11.8. The molecule has 2 heterocycles. The van der Waals surface area contributed by atoms with Crippen molar-refractivity contribution in [2.45, 2.75) is 18.4 Å². The maximum atomic E-state index is 13.4. The standard InChI is InChI=1S/C14H14FN3O4S/c1-2-22-14(19)12-9-16-17-6-7-18(13(12)17)23(20,21)11-5-3-4-10(15)8-11/h3-5,8-9H,2,6-7H2,1H3. The van der Waals surface area contributed by atoms with Gasteiger partial charge in [-0.25, -0.2) is 26.6 Å². The summed E-state index contributed by atoms with van der Waals surface area (Å²) in [6, 6.07) is 4.74. The molecule has 2 aromatic rings. The Balaban J connectivity index is 2.05. The molecule has 0 fully saturated rings. The number of aromatic nitrogens is 2. The van der Waals surface area contributed by atoms with Gasteiger partial charge in [-0.3, -0.25) is 0 Å². The maximum absolute atomic E-state index is 13.4. The van der Waals surface area contributed by atoms with Gasteiger partial charge in [-0.15, -0.1) is 0 Å². The van der Waals surface area contributed by atoms with Crippen LogP contribution in [0.15, 0.2) is 35.4 Å². The minimum atomic E-state index is -3.99. The first-order chi connectivity index (χ1) is 10.9. The Morgan fingerprint density at radius 3 is 2.87 bits per heavy atom. The molecular formula is C14H14FN3O4S. The Morgan fingerprint density at radius 1 is 1.39 bits per heavy atom. The molecule has 0 N–H and O–H groups in total. The van der Waals surface area contributed by atoms with E-state index in [1.54, 1.807) is 6.92 Å². The molecule has 7 nitrogen and oxygen atoms in total. The lowest BCUT2D eigenvalue weighted by molar-refractivity contribution is 0.0527. The minimum absolute atomic E-state index is 0.0735. The predicted octanol–water partition coefficient (Wildman–Crippen LogP) is 1.41. The van der Waals surface area contributed by atoms with E-state index >= 15 is 0 Å². The number of hydrogen-bond donors (Lipinski definition) is 0. The van der Waals surface area contributed by atoms with Gasteiger partial charge in [-0.1, -0.05) is 6.07 Å². The van der Waals surface area contributed by atoms with Gasteiger partial charge in [-0.05, 0) is 25.1 Å². The number of benzene rings is 1. The fourth-order valence-electron chi connectivity index (χ4n) is 2.44. The highest BCUT2D eigenvalue weighted by molar-refractivity contribution is 7.92. The van der Waals surface area contributed by atoms with E-state index in [9.17, 15) is 17.6 Å². The number of anilines is 1. The number of sulfonamides is 1. The predicted molar refractivity (Wildman–Crippen MR) is 79.1 cm³/mol. The van der Waals surface area contributed by atoms with Crippen LogP contribution in [0, 0.1) is 5.82 Å². The van der Waals surface area contributed by atoms with Gasteiger partial charge in [0.2, 0.25) is 0 Å². The number of carbonyl (C=O) groups is 1. The SMILES string of the molecule is CCOC(=O)c1cnn2c1N(S(=O)(=O)c1cccc(F)c1)CC2. The number of esters is 1. The summed E-state index contributed by atoms with van der Waals surface area (Å²) in [7, 11) is -3.99. The summed E-state index contributed by atoms with van der Waals surface area (Å²) >= 11 is 0. The molecule has 0 aliphatic carbocycles.